The molecule has 1 heterocycles. The zero-order valence-corrected chi connectivity index (χ0v) is 15.8. The first-order valence-electron chi connectivity index (χ1n) is 8.75. The summed E-state index contributed by atoms with van der Waals surface area (Å²) in [4.78, 5) is 6.76. The summed E-state index contributed by atoms with van der Waals surface area (Å²) in [5.74, 6) is 0.168. The van der Waals surface area contributed by atoms with E-state index in [9.17, 15) is 15.5 Å². The number of aromatic hydroxyl groups is 1. The minimum absolute atomic E-state index is 0.171. The van der Waals surface area contributed by atoms with Crippen LogP contribution in [0.15, 0.2) is 72.8 Å². The van der Waals surface area contributed by atoms with Crippen molar-refractivity contribution in [1.29, 1.82) is 0 Å². The van der Waals surface area contributed by atoms with E-state index in [-0.39, 0.29) is 21.8 Å². The molecule has 0 radical (unpaired) electrons. The first-order chi connectivity index (χ1) is 14.0. The fourth-order valence-electron chi connectivity index (χ4n) is 3.05. The Kier molecular flexibility index (Phi) is 4.93. The molecule has 1 aliphatic carbocycles. The molecule has 0 unspecified atom stereocenters. The molecule has 2 aromatic carbocycles. The molecule has 4 rings (SSSR count). The number of nitrogens with one attached hydrogen (secondary N) is 1. The minimum Gasteiger partial charge on any atom is -0.612 e. The van der Waals surface area contributed by atoms with Crippen LogP contribution in [0.1, 0.15) is 11.1 Å². The molecule has 2 aromatic rings. The van der Waals surface area contributed by atoms with Crippen LogP contribution in [0.5, 0.6) is 5.88 Å². The molecular formula is C22H15ClN3O3-. The zero-order chi connectivity index (χ0) is 20.4. The summed E-state index contributed by atoms with van der Waals surface area (Å²) >= 11 is 6.41. The molecule has 0 fully saturated rings. The van der Waals surface area contributed by atoms with Crippen molar-refractivity contribution in [2.75, 3.05) is 0 Å². The van der Waals surface area contributed by atoms with Crippen molar-refractivity contribution < 1.29 is 5.11 Å². The molecule has 144 valence electrons. The number of nitrogens with zero attached hydrogens (tertiary/aromatic N) is 2. The minimum atomic E-state index is -0.497. The largest absolute Gasteiger partial charge is 0.612 e. The van der Waals surface area contributed by atoms with E-state index in [2.05, 4.69) is 9.97 Å². The van der Waals surface area contributed by atoms with E-state index in [1.807, 2.05) is 60.7 Å². The lowest BCUT2D eigenvalue weighted by Crippen LogP contribution is -2.23. The SMILES string of the molecule is [O-][N+]([O-])=c1cc2[nH]c(-c3ccccc3)nc(O)c-2cc1/C(Cl)=C/c1ccccc1. The topological polar surface area (TPSA) is 98.0 Å². The third-order valence-corrected chi connectivity index (χ3v) is 4.75. The van der Waals surface area contributed by atoms with Crippen LogP contribution >= 0.6 is 11.6 Å². The van der Waals surface area contributed by atoms with Gasteiger partial charge in [0.2, 0.25) is 11.2 Å². The van der Waals surface area contributed by atoms with Crippen molar-refractivity contribution in [3.8, 4) is 28.5 Å². The van der Waals surface area contributed by atoms with Crippen molar-refractivity contribution in [3.63, 3.8) is 0 Å². The van der Waals surface area contributed by atoms with Crippen molar-refractivity contribution in [3.05, 3.63) is 99.7 Å². The number of aromatic nitrogens is 2. The standard InChI is InChI=1S/C22H15ClN3O3/c23-18(11-14-7-3-1-4-8-14)16-12-17-19(13-20(16)26(28)29)24-21(25-22(17)27)15-9-5-2-6-10-15/h1-13H,(H2-,24,25,27,28,29)/q-1/b18-11-. The highest BCUT2D eigenvalue weighted by Gasteiger charge is 2.18. The highest BCUT2D eigenvalue weighted by molar-refractivity contribution is 6.51. The number of hydrogen-bond donors (Lipinski definition) is 2. The van der Waals surface area contributed by atoms with Crippen LogP contribution in [0.3, 0.4) is 0 Å². The highest BCUT2D eigenvalue weighted by Crippen LogP contribution is 2.32. The zero-order valence-electron chi connectivity index (χ0n) is 15.0. The number of fused-ring (bicyclic) bond motifs is 1. The molecule has 0 aromatic heterocycles. The van der Waals surface area contributed by atoms with Gasteiger partial charge in [0.15, 0.2) is 0 Å². The Morgan fingerprint density at radius 2 is 1.66 bits per heavy atom. The number of rotatable bonds is 3. The number of benzene rings is 3. The number of aromatic amines is 1. The molecule has 0 bridgehead atoms. The van der Waals surface area contributed by atoms with E-state index < -0.39 is 4.90 Å². The first-order valence-corrected chi connectivity index (χ1v) is 9.13. The second-order valence-electron chi connectivity index (χ2n) is 6.35. The van der Waals surface area contributed by atoms with Gasteiger partial charge in [0, 0.05) is 11.6 Å². The van der Waals surface area contributed by atoms with Crippen molar-refractivity contribution in [2.45, 2.75) is 0 Å². The van der Waals surface area contributed by atoms with E-state index in [0.717, 1.165) is 11.1 Å². The molecule has 0 amide bonds. The van der Waals surface area contributed by atoms with Crippen LogP contribution in [-0.4, -0.2) is 15.1 Å². The van der Waals surface area contributed by atoms with Gasteiger partial charge in [0.1, 0.15) is 5.82 Å². The van der Waals surface area contributed by atoms with E-state index >= 15 is 0 Å². The fourth-order valence-corrected chi connectivity index (χ4v) is 3.32. The van der Waals surface area contributed by atoms with Gasteiger partial charge >= 0.3 is 0 Å². The van der Waals surface area contributed by atoms with Gasteiger partial charge in [-0.15, -0.1) is 0 Å². The Balaban J connectivity index is 1.93. The second kappa shape index (κ2) is 7.69. The Morgan fingerprint density at radius 1 is 1.00 bits per heavy atom. The lowest BCUT2D eigenvalue weighted by atomic mass is 10.0. The number of H-pyrrole nitrogens is 1. The molecule has 0 saturated heterocycles. The monoisotopic (exact) mass is 404 g/mol. The van der Waals surface area contributed by atoms with Gasteiger partial charge < -0.3 is 20.5 Å². The van der Waals surface area contributed by atoms with E-state index in [1.165, 1.54) is 12.1 Å². The summed E-state index contributed by atoms with van der Waals surface area (Å²) in [6.45, 7) is 0. The maximum absolute atomic E-state index is 11.7. The maximum atomic E-state index is 11.7. The summed E-state index contributed by atoms with van der Waals surface area (Å²) in [5.41, 5.74) is 2.48. The van der Waals surface area contributed by atoms with Crippen LogP contribution in [0.4, 0.5) is 0 Å². The summed E-state index contributed by atoms with van der Waals surface area (Å²) in [6.07, 6.45) is 1.64. The molecule has 2 N–H and O–H groups in total. The smallest absolute Gasteiger partial charge is 0.233 e. The van der Waals surface area contributed by atoms with Crippen molar-refractivity contribution >= 4 is 22.7 Å². The van der Waals surface area contributed by atoms with E-state index in [0.29, 0.717) is 17.1 Å². The van der Waals surface area contributed by atoms with Crippen molar-refractivity contribution in [2.24, 2.45) is 0 Å². The Hall–Kier alpha value is -3.77. The van der Waals surface area contributed by atoms with Crippen LogP contribution in [0.25, 0.3) is 33.8 Å². The van der Waals surface area contributed by atoms with Gasteiger partial charge in [-0.3, -0.25) is 0 Å². The molecule has 6 nitrogen and oxygen atoms in total. The Labute approximate surface area is 171 Å². The predicted molar refractivity (Wildman–Crippen MR) is 114 cm³/mol. The predicted octanol–water partition coefficient (Wildman–Crippen LogP) is 4.39. The van der Waals surface area contributed by atoms with E-state index in [4.69, 9.17) is 11.6 Å². The molecule has 2 aliphatic rings. The molecule has 29 heavy (non-hydrogen) atoms. The molecule has 0 saturated carbocycles. The molecule has 0 spiro atoms. The summed E-state index contributed by atoms with van der Waals surface area (Å²) in [5, 5.41) is 33.9. The molecule has 0 atom stereocenters. The fraction of sp³-hybridized carbons (Fsp3) is 0. The lowest BCUT2D eigenvalue weighted by Gasteiger charge is -2.14. The normalized spacial score (nSPS) is 11.6. The third-order valence-electron chi connectivity index (χ3n) is 4.44. The van der Waals surface area contributed by atoms with Gasteiger partial charge in [-0.05, 0) is 17.7 Å². The van der Waals surface area contributed by atoms with Gasteiger partial charge in [-0.2, -0.15) is 9.89 Å². The second-order valence-corrected chi connectivity index (χ2v) is 6.76. The summed E-state index contributed by atoms with van der Waals surface area (Å²) in [7, 11) is 0. The number of hydrogen-bond acceptors (Lipinski definition) is 4. The van der Waals surface area contributed by atoms with Gasteiger partial charge in [-0.1, -0.05) is 72.3 Å². The van der Waals surface area contributed by atoms with Crippen LogP contribution < -0.4 is 10.3 Å². The van der Waals surface area contributed by atoms with Crippen LogP contribution in [-0.2, 0) is 0 Å². The first kappa shape index (κ1) is 18.6. The average Bonchev–Trinajstić information content (AvgIpc) is 2.74. The molecular weight excluding hydrogens is 390 g/mol. The Bertz CT molecular complexity index is 1230. The van der Waals surface area contributed by atoms with Crippen LogP contribution in [0.2, 0.25) is 0 Å². The third kappa shape index (κ3) is 3.79. The number of halogens is 1. The summed E-state index contributed by atoms with van der Waals surface area (Å²) in [6, 6.07) is 21.3. The van der Waals surface area contributed by atoms with E-state index in [1.54, 1.807) is 6.08 Å². The van der Waals surface area contributed by atoms with Gasteiger partial charge in [0.05, 0.1) is 21.9 Å². The maximum Gasteiger partial charge on any atom is 0.233 e. The summed E-state index contributed by atoms with van der Waals surface area (Å²) < 4.78 is 0. The average molecular weight is 405 g/mol. The quantitative estimate of drug-likeness (QED) is 0.390. The molecule has 7 heteroatoms. The van der Waals surface area contributed by atoms with Crippen LogP contribution in [0, 0.1) is 10.4 Å². The van der Waals surface area contributed by atoms with Crippen molar-refractivity contribution in [1.82, 2.24) is 14.9 Å². The van der Waals surface area contributed by atoms with Gasteiger partial charge in [-0.25, -0.2) is 0 Å². The molecule has 1 aliphatic heterocycles. The Morgan fingerprint density at radius 3 is 2.31 bits per heavy atom. The van der Waals surface area contributed by atoms with Gasteiger partial charge in [0.25, 0.3) is 0 Å². The lowest BCUT2D eigenvalue weighted by molar-refractivity contribution is 0.455. The highest BCUT2D eigenvalue weighted by atomic mass is 35.5.